The second-order valence-corrected chi connectivity index (χ2v) is 6.72. The van der Waals surface area contributed by atoms with Gasteiger partial charge in [-0.25, -0.2) is 14.4 Å². The van der Waals surface area contributed by atoms with E-state index in [-0.39, 0.29) is 17.9 Å². The third-order valence-corrected chi connectivity index (χ3v) is 4.94. The summed E-state index contributed by atoms with van der Waals surface area (Å²) in [5, 5.41) is 0.416. The lowest BCUT2D eigenvalue weighted by Gasteiger charge is -2.10. The van der Waals surface area contributed by atoms with E-state index in [1.165, 1.54) is 17.0 Å². The maximum Gasteiger partial charge on any atom is 0.263 e. The molecule has 0 spiro atoms. The molecule has 0 saturated heterocycles. The first kappa shape index (κ1) is 16.5. The first-order valence-electron chi connectivity index (χ1n) is 8.93. The summed E-state index contributed by atoms with van der Waals surface area (Å²) in [5.74, 6) is -0.369. The van der Waals surface area contributed by atoms with Crippen LogP contribution in [0.5, 0.6) is 0 Å². The highest BCUT2D eigenvalue weighted by molar-refractivity contribution is 5.72. The Labute approximate surface area is 159 Å². The molecule has 0 atom stereocenters. The smallest absolute Gasteiger partial charge is 0.263 e. The van der Waals surface area contributed by atoms with Gasteiger partial charge in [0.1, 0.15) is 12.1 Å². The van der Waals surface area contributed by atoms with Crippen molar-refractivity contribution in [2.45, 2.75) is 13.0 Å². The van der Waals surface area contributed by atoms with Crippen LogP contribution in [0.15, 0.2) is 66.0 Å². The van der Waals surface area contributed by atoms with Gasteiger partial charge < -0.3 is 0 Å². The van der Waals surface area contributed by atoms with Crippen LogP contribution in [0.25, 0.3) is 28.2 Å². The van der Waals surface area contributed by atoms with Crippen molar-refractivity contribution in [1.29, 1.82) is 0 Å². The normalized spacial score (nSPS) is 12.5. The lowest BCUT2D eigenvalue weighted by atomic mass is 10.0. The van der Waals surface area contributed by atoms with Crippen molar-refractivity contribution in [2.75, 3.05) is 0 Å². The Bertz CT molecular complexity index is 1310. The minimum absolute atomic E-state index is 0.105. The van der Waals surface area contributed by atoms with Gasteiger partial charge in [-0.1, -0.05) is 24.3 Å². The van der Waals surface area contributed by atoms with E-state index in [9.17, 15) is 9.18 Å². The number of nitrogens with zero attached hydrogens (tertiary/aromatic N) is 4. The van der Waals surface area contributed by atoms with E-state index in [1.54, 1.807) is 30.6 Å². The molecule has 0 fully saturated rings. The largest absolute Gasteiger partial charge is 0.294 e. The Hall–Kier alpha value is -3.67. The molecule has 0 radical (unpaired) electrons. The van der Waals surface area contributed by atoms with Crippen molar-refractivity contribution in [3.8, 4) is 11.1 Å². The van der Waals surface area contributed by atoms with Crippen LogP contribution in [-0.2, 0) is 13.0 Å². The number of hydrogen-bond acceptors (Lipinski definition) is 4. The predicted octanol–water partition coefficient (Wildman–Crippen LogP) is 3.61. The van der Waals surface area contributed by atoms with Crippen LogP contribution >= 0.6 is 0 Å². The highest BCUT2D eigenvalue weighted by Gasteiger charge is 2.12. The molecule has 0 unspecified atom stereocenters. The Balaban J connectivity index is 1.48. The fourth-order valence-electron chi connectivity index (χ4n) is 3.43. The summed E-state index contributed by atoms with van der Waals surface area (Å²) in [4.78, 5) is 25.3. The molecule has 5 rings (SSSR count). The van der Waals surface area contributed by atoms with Crippen LogP contribution < -0.4 is 5.56 Å². The van der Waals surface area contributed by atoms with Gasteiger partial charge in [0.2, 0.25) is 0 Å². The van der Waals surface area contributed by atoms with Gasteiger partial charge in [0.15, 0.2) is 5.65 Å². The van der Waals surface area contributed by atoms with Gasteiger partial charge in [-0.05, 0) is 35.4 Å². The maximum atomic E-state index is 14.8. The van der Waals surface area contributed by atoms with E-state index in [1.807, 2.05) is 18.2 Å². The van der Waals surface area contributed by atoms with E-state index in [4.69, 9.17) is 0 Å². The van der Waals surface area contributed by atoms with E-state index >= 15 is 0 Å². The molecule has 5 nitrogen and oxygen atoms in total. The van der Waals surface area contributed by atoms with Crippen LogP contribution in [-0.4, -0.2) is 19.5 Å². The molecular formula is C22H15FN4O. The molecule has 6 heteroatoms. The number of allylic oxidation sites excluding steroid dienone is 1. The summed E-state index contributed by atoms with van der Waals surface area (Å²) in [7, 11) is 0. The van der Waals surface area contributed by atoms with E-state index in [2.05, 4.69) is 21.0 Å². The molecule has 0 aliphatic heterocycles. The molecule has 1 aliphatic rings. The number of rotatable bonds is 3. The average molecular weight is 370 g/mol. The summed E-state index contributed by atoms with van der Waals surface area (Å²) >= 11 is 0. The fourth-order valence-corrected chi connectivity index (χ4v) is 3.43. The SMILES string of the molecule is O=c1c2cccnc2ncn1Cc1ccc(-c2cnc3c(c2)C=CC3)cc1F. The molecule has 0 N–H and O–H groups in total. The third kappa shape index (κ3) is 2.79. The molecule has 1 aromatic carbocycles. The van der Waals surface area contributed by atoms with Gasteiger partial charge in [-0.15, -0.1) is 0 Å². The zero-order valence-corrected chi connectivity index (χ0v) is 14.8. The Morgan fingerprint density at radius 2 is 2.00 bits per heavy atom. The van der Waals surface area contributed by atoms with Gasteiger partial charge >= 0.3 is 0 Å². The highest BCUT2D eigenvalue weighted by atomic mass is 19.1. The van der Waals surface area contributed by atoms with Gasteiger partial charge in [-0.3, -0.25) is 14.3 Å². The minimum atomic E-state index is -0.369. The van der Waals surface area contributed by atoms with Crippen molar-refractivity contribution >= 4 is 17.1 Å². The monoisotopic (exact) mass is 370 g/mol. The molecule has 3 heterocycles. The Morgan fingerprint density at radius 3 is 2.89 bits per heavy atom. The van der Waals surface area contributed by atoms with Crippen LogP contribution in [0.4, 0.5) is 4.39 Å². The van der Waals surface area contributed by atoms with Gasteiger partial charge in [0.25, 0.3) is 5.56 Å². The number of fused-ring (bicyclic) bond motifs is 2. The van der Waals surface area contributed by atoms with Crippen LogP contribution in [0.2, 0.25) is 0 Å². The average Bonchev–Trinajstić information content (AvgIpc) is 3.19. The molecule has 136 valence electrons. The molecule has 28 heavy (non-hydrogen) atoms. The number of halogens is 1. The minimum Gasteiger partial charge on any atom is -0.294 e. The van der Waals surface area contributed by atoms with Crippen LogP contribution in [0.3, 0.4) is 0 Å². The van der Waals surface area contributed by atoms with Gasteiger partial charge in [0.05, 0.1) is 17.6 Å². The summed E-state index contributed by atoms with van der Waals surface area (Å²) in [5.41, 5.74) is 4.30. The van der Waals surface area contributed by atoms with Crippen LogP contribution in [0, 0.1) is 5.82 Å². The number of benzene rings is 1. The fraction of sp³-hybridized carbons (Fsp3) is 0.0909. The molecule has 4 aromatic rings. The first-order valence-corrected chi connectivity index (χ1v) is 8.93. The van der Waals surface area contributed by atoms with Crippen LogP contribution in [0.1, 0.15) is 16.8 Å². The molecule has 0 amide bonds. The third-order valence-electron chi connectivity index (χ3n) is 4.94. The standard InChI is InChI=1S/C22H15FN4O/c23-19-10-14(17-9-15-3-1-5-20(15)25-11-17)6-7-16(19)12-27-13-26-21-18(22(27)28)4-2-8-24-21/h1-4,6-11,13H,5,12H2. The summed E-state index contributed by atoms with van der Waals surface area (Å²) in [6, 6.07) is 10.4. The predicted molar refractivity (Wildman–Crippen MR) is 105 cm³/mol. The van der Waals surface area contributed by atoms with E-state index in [0.29, 0.717) is 16.6 Å². The van der Waals surface area contributed by atoms with E-state index < -0.39 is 0 Å². The maximum absolute atomic E-state index is 14.8. The molecule has 0 bridgehead atoms. The van der Waals surface area contributed by atoms with Crippen molar-refractivity contribution in [1.82, 2.24) is 19.5 Å². The topological polar surface area (TPSA) is 60.7 Å². The van der Waals surface area contributed by atoms with E-state index in [0.717, 1.165) is 28.8 Å². The highest BCUT2D eigenvalue weighted by Crippen LogP contribution is 2.26. The molecular weight excluding hydrogens is 355 g/mol. The molecule has 3 aromatic heterocycles. The molecule has 1 aliphatic carbocycles. The second kappa shape index (κ2) is 6.49. The second-order valence-electron chi connectivity index (χ2n) is 6.72. The summed E-state index contributed by atoms with van der Waals surface area (Å²) in [6.45, 7) is 0.105. The number of aromatic nitrogens is 4. The number of hydrogen-bond donors (Lipinski definition) is 0. The van der Waals surface area contributed by atoms with Crippen molar-refractivity contribution in [3.05, 3.63) is 94.2 Å². The van der Waals surface area contributed by atoms with Gasteiger partial charge in [0, 0.05) is 29.9 Å². The lowest BCUT2D eigenvalue weighted by molar-refractivity contribution is 0.595. The molecule has 0 saturated carbocycles. The van der Waals surface area contributed by atoms with Crippen molar-refractivity contribution in [2.24, 2.45) is 0 Å². The van der Waals surface area contributed by atoms with Gasteiger partial charge in [-0.2, -0.15) is 0 Å². The van der Waals surface area contributed by atoms with Crippen molar-refractivity contribution < 1.29 is 4.39 Å². The quantitative estimate of drug-likeness (QED) is 0.553. The lowest BCUT2D eigenvalue weighted by Crippen LogP contribution is -2.21. The zero-order valence-electron chi connectivity index (χ0n) is 14.8. The van der Waals surface area contributed by atoms with Crippen molar-refractivity contribution in [3.63, 3.8) is 0 Å². The summed E-state index contributed by atoms with van der Waals surface area (Å²) in [6.07, 6.45) is 9.70. The number of pyridine rings is 2. The Morgan fingerprint density at radius 1 is 1.07 bits per heavy atom. The Kier molecular flexibility index (Phi) is 3.83. The summed E-state index contributed by atoms with van der Waals surface area (Å²) < 4.78 is 16.2. The first-order chi connectivity index (χ1) is 13.7. The zero-order chi connectivity index (χ0) is 19.1.